The average molecular weight is 309 g/mol. The molecule has 94 valence electrons. The zero-order valence-corrected chi connectivity index (χ0v) is 11.4. The number of hydrogen-bond donors (Lipinski definition) is 0. The molecule has 2 aliphatic heterocycles. The Balaban J connectivity index is 1.88. The van der Waals surface area contributed by atoms with Gasteiger partial charge in [-0.15, -0.1) is 0 Å². The van der Waals surface area contributed by atoms with E-state index in [1.54, 1.807) is 0 Å². The van der Waals surface area contributed by atoms with Crippen LogP contribution in [0.4, 0.5) is 5.69 Å². The van der Waals surface area contributed by atoms with E-state index in [9.17, 15) is 5.26 Å². The highest BCUT2D eigenvalue weighted by Gasteiger charge is 2.43. The highest BCUT2D eigenvalue weighted by atomic mass is 79.9. The van der Waals surface area contributed by atoms with Gasteiger partial charge >= 0.3 is 0 Å². The Morgan fingerprint density at radius 3 is 2.83 bits per heavy atom. The van der Waals surface area contributed by atoms with Crippen LogP contribution in [0.5, 0.6) is 0 Å². The third kappa shape index (κ3) is 2.01. The van der Waals surface area contributed by atoms with Crippen LogP contribution in [0.25, 0.3) is 0 Å². The average Bonchev–Trinajstić information content (AvgIpc) is 3.00. The van der Waals surface area contributed by atoms with Crippen molar-refractivity contribution in [1.29, 1.82) is 5.26 Å². The van der Waals surface area contributed by atoms with Gasteiger partial charge in [0.15, 0.2) is 5.79 Å². The van der Waals surface area contributed by atoms with Crippen molar-refractivity contribution >= 4 is 21.6 Å². The first-order chi connectivity index (χ1) is 8.72. The summed E-state index contributed by atoms with van der Waals surface area (Å²) in [5.74, 6) is -0.449. The van der Waals surface area contributed by atoms with Gasteiger partial charge < -0.3 is 14.4 Å². The lowest BCUT2D eigenvalue weighted by Gasteiger charge is -2.24. The molecule has 2 saturated heterocycles. The fourth-order valence-electron chi connectivity index (χ4n) is 2.55. The maximum atomic E-state index is 9.17. The minimum Gasteiger partial charge on any atom is -0.365 e. The van der Waals surface area contributed by atoms with Crippen LogP contribution >= 0.6 is 15.9 Å². The second-order valence-electron chi connectivity index (χ2n) is 4.55. The molecule has 5 heteroatoms. The monoisotopic (exact) mass is 308 g/mol. The van der Waals surface area contributed by atoms with Gasteiger partial charge in [-0.25, -0.2) is 0 Å². The Labute approximate surface area is 114 Å². The summed E-state index contributed by atoms with van der Waals surface area (Å²) in [5.41, 5.74) is 1.64. The molecule has 0 saturated carbocycles. The normalized spacial score (nSPS) is 21.4. The van der Waals surface area contributed by atoms with Gasteiger partial charge in [-0.2, -0.15) is 5.26 Å². The number of nitrogens with zero attached hydrogens (tertiary/aromatic N) is 2. The third-order valence-electron chi connectivity index (χ3n) is 3.43. The van der Waals surface area contributed by atoms with E-state index < -0.39 is 5.79 Å². The van der Waals surface area contributed by atoms with E-state index in [1.807, 2.05) is 18.2 Å². The molecule has 18 heavy (non-hydrogen) atoms. The molecule has 0 radical (unpaired) electrons. The van der Waals surface area contributed by atoms with Crippen LogP contribution in [0.1, 0.15) is 12.0 Å². The Morgan fingerprint density at radius 2 is 2.11 bits per heavy atom. The molecule has 0 aromatic heterocycles. The van der Waals surface area contributed by atoms with Crippen LogP contribution in [-0.4, -0.2) is 32.1 Å². The number of ether oxygens (including phenoxy) is 2. The molecule has 2 aliphatic rings. The predicted molar refractivity (Wildman–Crippen MR) is 70.3 cm³/mol. The smallest absolute Gasteiger partial charge is 0.187 e. The van der Waals surface area contributed by atoms with Crippen molar-refractivity contribution in [3.8, 4) is 6.07 Å². The van der Waals surface area contributed by atoms with Crippen molar-refractivity contribution in [3.05, 3.63) is 28.2 Å². The summed E-state index contributed by atoms with van der Waals surface area (Å²) in [6.07, 6.45) is 0.852. The highest BCUT2D eigenvalue weighted by molar-refractivity contribution is 9.10. The number of halogens is 1. The van der Waals surface area contributed by atoms with Crippen LogP contribution in [0.2, 0.25) is 0 Å². The molecule has 0 amide bonds. The molecule has 2 fully saturated rings. The molecule has 1 spiro atoms. The first kappa shape index (κ1) is 12.0. The molecule has 2 heterocycles. The lowest BCUT2D eigenvalue weighted by Crippen LogP contribution is -2.34. The van der Waals surface area contributed by atoms with Gasteiger partial charge in [-0.1, -0.05) is 15.9 Å². The minimum absolute atomic E-state index is 0.449. The molecule has 4 nitrogen and oxygen atoms in total. The van der Waals surface area contributed by atoms with Crippen molar-refractivity contribution in [3.63, 3.8) is 0 Å². The van der Waals surface area contributed by atoms with Crippen LogP contribution in [0, 0.1) is 11.3 Å². The standard InChI is InChI=1S/C13H13BrN2O2/c14-11-2-1-10(8-15)12(7-11)16-4-3-13(9-16)17-5-6-18-13/h1-2,7H,3-6,9H2. The molecule has 3 rings (SSSR count). The Kier molecular flexibility index (Phi) is 3.02. The van der Waals surface area contributed by atoms with Crippen LogP contribution in [0.3, 0.4) is 0 Å². The van der Waals surface area contributed by atoms with Crippen LogP contribution in [0.15, 0.2) is 22.7 Å². The number of anilines is 1. The van der Waals surface area contributed by atoms with Crippen molar-refractivity contribution in [2.75, 3.05) is 31.2 Å². The minimum atomic E-state index is -0.449. The van der Waals surface area contributed by atoms with Gasteiger partial charge in [0.25, 0.3) is 0 Å². The lowest BCUT2D eigenvalue weighted by atomic mass is 10.2. The van der Waals surface area contributed by atoms with Gasteiger partial charge in [0.05, 0.1) is 31.0 Å². The van der Waals surface area contributed by atoms with Crippen molar-refractivity contribution < 1.29 is 9.47 Å². The highest BCUT2D eigenvalue weighted by Crippen LogP contribution is 2.35. The summed E-state index contributed by atoms with van der Waals surface area (Å²) >= 11 is 3.45. The fraction of sp³-hybridized carbons (Fsp3) is 0.462. The summed E-state index contributed by atoms with van der Waals surface area (Å²) in [5, 5.41) is 9.17. The van der Waals surface area contributed by atoms with Gasteiger partial charge in [0, 0.05) is 17.4 Å². The van der Waals surface area contributed by atoms with Gasteiger partial charge in [-0.3, -0.25) is 0 Å². The van der Waals surface area contributed by atoms with E-state index in [1.165, 1.54) is 0 Å². The quantitative estimate of drug-likeness (QED) is 0.798. The first-order valence-electron chi connectivity index (χ1n) is 5.95. The third-order valence-corrected chi connectivity index (χ3v) is 3.92. The van der Waals surface area contributed by atoms with Gasteiger partial charge in [0.1, 0.15) is 6.07 Å². The molecule has 1 aromatic carbocycles. The molecule has 1 aromatic rings. The predicted octanol–water partition coefficient (Wildman–Crippen LogP) is 2.27. The number of rotatable bonds is 1. The zero-order valence-electron chi connectivity index (χ0n) is 9.86. The second kappa shape index (κ2) is 4.54. The Morgan fingerprint density at radius 1 is 1.33 bits per heavy atom. The summed E-state index contributed by atoms with van der Waals surface area (Å²) in [6, 6.07) is 7.93. The molecular formula is C13H13BrN2O2. The van der Waals surface area contributed by atoms with Crippen molar-refractivity contribution in [1.82, 2.24) is 0 Å². The Hall–Kier alpha value is -1.09. The summed E-state index contributed by atoms with van der Waals surface area (Å²) in [6.45, 7) is 2.87. The molecule has 0 atom stereocenters. The number of nitriles is 1. The van der Waals surface area contributed by atoms with E-state index in [2.05, 4.69) is 26.9 Å². The van der Waals surface area contributed by atoms with E-state index >= 15 is 0 Å². The summed E-state index contributed by atoms with van der Waals surface area (Å²) in [7, 11) is 0. The van der Waals surface area contributed by atoms with Gasteiger partial charge in [-0.05, 0) is 18.2 Å². The van der Waals surface area contributed by atoms with E-state index in [0.29, 0.717) is 25.3 Å². The summed E-state index contributed by atoms with van der Waals surface area (Å²) in [4.78, 5) is 2.16. The van der Waals surface area contributed by atoms with Crippen molar-refractivity contribution in [2.45, 2.75) is 12.2 Å². The maximum absolute atomic E-state index is 9.17. The molecule has 0 N–H and O–H groups in total. The van der Waals surface area contributed by atoms with E-state index in [0.717, 1.165) is 23.1 Å². The van der Waals surface area contributed by atoms with Crippen LogP contribution in [-0.2, 0) is 9.47 Å². The fourth-order valence-corrected chi connectivity index (χ4v) is 2.90. The largest absolute Gasteiger partial charge is 0.365 e. The van der Waals surface area contributed by atoms with Gasteiger partial charge in [0.2, 0.25) is 0 Å². The number of benzene rings is 1. The second-order valence-corrected chi connectivity index (χ2v) is 5.47. The Bertz CT molecular complexity index is 506. The van der Waals surface area contributed by atoms with Crippen molar-refractivity contribution in [2.24, 2.45) is 0 Å². The molecular weight excluding hydrogens is 296 g/mol. The zero-order chi connectivity index (χ0) is 12.6. The molecule has 0 unspecified atom stereocenters. The summed E-state index contributed by atoms with van der Waals surface area (Å²) < 4.78 is 12.4. The molecule has 0 bridgehead atoms. The SMILES string of the molecule is N#Cc1ccc(Br)cc1N1CCC2(C1)OCCO2. The number of hydrogen-bond acceptors (Lipinski definition) is 4. The van der Waals surface area contributed by atoms with E-state index in [-0.39, 0.29) is 0 Å². The van der Waals surface area contributed by atoms with Crippen LogP contribution < -0.4 is 4.90 Å². The maximum Gasteiger partial charge on any atom is 0.187 e. The van der Waals surface area contributed by atoms with E-state index in [4.69, 9.17) is 9.47 Å². The first-order valence-corrected chi connectivity index (χ1v) is 6.74. The topological polar surface area (TPSA) is 45.5 Å². The lowest BCUT2D eigenvalue weighted by molar-refractivity contribution is -0.137. The molecule has 0 aliphatic carbocycles.